The average Bonchev–Trinajstić information content (AvgIpc) is 2.66. The summed E-state index contributed by atoms with van der Waals surface area (Å²) in [4.78, 5) is 6.04. The summed E-state index contributed by atoms with van der Waals surface area (Å²) < 4.78 is 39.8. The molecule has 0 saturated heterocycles. The van der Waals surface area contributed by atoms with E-state index >= 15 is 0 Å². The van der Waals surface area contributed by atoms with Gasteiger partial charge in [-0.3, -0.25) is 4.98 Å². The van der Waals surface area contributed by atoms with E-state index in [0.717, 1.165) is 36.5 Å². The van der Waals surface area contributed by atoms with Crippen molar-refractivity contribution in [1.29, 1.82) is 5.26 Å². The van der Waals surface area contributed by atoms with Crippen molar-refractivity contribution in [2.45, 2.75) is 38.4 Å². The summed E-state index contributed by atoms with van der Waals surface area (Å²) in [6.07, 6.45) is 3.91. The Balaban J connectivity index is 1.94. The molecule has 0 fully saturated rings. The maximum absolute atomic E-state index is 13.3. The van der Waals surface area contributed by atoms with Gasteiger partial charge in [-0.1, -0.05) is 6.08 Å². The summed E-state index contributed by atoms with van der Waals surface area (Å²) in [5.74, 6) is 0. The highest BCUT2D eigenvalue weighted by Crippen LogP contribution is 2.36. The van der Waals surface area contributed by atoms with Crippen LogP contribution in [0.1, 0.15) is 41.5 Å². The molecule has 1 aromatic heterocycles. The first-order valence-electron chi connectivity index (χ1n) is 8.77. The Hall–Kier alpha value is -2.81. The molecule has 0 amide bonds. The van der Waals surface area contributed by atoms with Crippen molar-refractivity contribution in [2.24, 2.45) is 0 Å². The monoisotopic (exact) mass is 371 g/mol. The van der Waals surface area contributed by atoms with E-state index in [-0.39, 0.29) is 11.6 Å². The van der Waals surface area contributed by atoms with Crippen molar-refractivity contribution in [3.63, 3.8) is 0 Å². The van der Waals surface area contributed by atoms with Crippen molar-refractivity contribution in [1.82, 2.24) is 4.98 Å². The van der Waals surface area contributed by atoms with Crippen LogP contribution in [0.15, 0.2) is 42.7 Å². The zero-order valence-corrected chi connectivity index (χ0v) is 15.2. The topological polar surface area (TPSA) is 39.9 Å². The summed E-state index contributed by atoms with van der Waals surface area (Å²) >= 11 is 0. The second kappa shape index (κ2) is 7.43. The highest BCUT2D eigenvalue weighted by molar-refractivity contribution is 5.70. The van der Waals surface area contributed by atoms with Gasteiger partial charge < -0.3 is 4.90 Å². The molecule has 3 nitrogen and oxygen atoms in total. The quantitative estimate of drug-likeness (QED) is 0.730. The van der Waals surface area contributed by atoms with Crippen LogP contribution in [-0.2, 0) is 6.18 Å². The molecule has 1 aliphatic rings. The summed E-state index contributed by atoms with van der Waals surface area (Å²) in [6, 6.07) is 7.46. The Bertz CT molecular complexity index is 910. The van der Waals surface area contributed by atoms with Gasteiger partial charge >= 0.3 is 6.18 Å². The van der Waals surface area contributed by atoms with Crippen LogP contribution >= 0.6 is 0 Å². The normalized spacial score (nSPS) is 17.2. The SMILES string of the molecule is Cc1ccncc1C1=CC(N(C)c2ccc(C#N)c(C(F)(F)F)c2)CCC1. The molecule has 0 radical (unpaired) electrons. The molecule has 3 rings (SSSR count). The van der Waals surface area contributed by atoms with Crippen LogP contribution in [0.5, 0.6) is 0 Å². The average molecular weight is 371 g/mol. The molecule has 0 N–H and O–H groups in total. The number of halogens is 3. The highest BCUT2D eigenvalue weighted by atomic mass is 19.4. The highest BCUT2D eigenvalue weighted by Gasteiger charge is 2.34. The number of nitriles is 1. The van der Waals surface area contributed by atoms with Crippen LogP contribution in [-0.4, -0.2) is 18.1 Å². The molecule has 1 aliphatic carbocycles. The van der Waals surface area contributed by atoms with Gasteiger partial charge in [-0.15, -0.1) is 0 Å². The summed E-state index contributed by atoms with van der Waals surface area (Å²) in [6.45, 7) is 2.03. The molecule has 140 valence electrons. The third-order valence-corrected chi connectivity index (χ3v) is 5.06. The third kappa shape index (κ3) is 3.97. The van der Waals surface area contributed by atoms with Crippen LogP contribution < -0.4 is 4.90 Å². The van der Waals surface area contributed by atoms with Gasteiger partial charge in [-0.2, -0.15) is 18.4 Å². The Morgan fingerprint density at radius 1 is 1.26 bits per heavy atom. The molecule has 1 atom stereocenters. The number of pyridine rings is 1. The largest absolute Gasteiger partial charge is 0.417 e. The predicted molar refractivity (Wildman–Crippen MR) is 99.2 cm³/mol. The predicted octanol–water partition coefficient (Wildman–Crippen LogP) is 5.35. The zero-order valence-electron chi connectivity index (χ0n) is 15.2. The van der Waals surface area contributed by atoms with Crippen molar-refractivity contribution < 1.29 is 13.2 Å². The minimum Gasteiger partial charge on any atom is -0.368 e. The first-order valence-corrected chi connectivity index (χ1v) is 8.77. The Morgan fingerprint density at radius 3 is 2.70 bits per heavy atom. The van der Waals surface area contributed by atoms with Crippen LogP contribution in [0.2, 0.25) is 0 Å². The number of nitrogens with zero attached hydrogens (tertiary/aromatic N) is 3. The van der Waals surface area contributed by atoms with Gasteiger partial charge in [0.15, 0.2) is 0 Å². The second-order valence-electron chi connectivity index (χ2n) is 6.79. The van der Waals surface area contributed by atoms with E-state index in [2.05, 4.69) is 11.1 Å². The van der Waals surface area contributed by atoms with Crippen molar-refractivity contribution in [3.05, 3.63) is 65.0 Å². The number of aromatic nitrogens is 1. The molecule has 0 spiro atoms. The van der Waals surface area contributed by atoms with Crippen LogP contribution in [0.4, 0.5) is 18.9 Å². The number of hydrogen-bond donors (Lipinski definition) is 0. The molecule has 27 heavy (non-hydrogen) atoms. The third-order valence-electron chi connectivity index (χ3n) is 5.06. The minimum atomic E-state index is -4.55. The van der Waals surface area contributed by atoms with Crippen LogP contribution in [0.25, 0.3) is 5.57 Å². The van der Waals surface area contributed by atoms with Gasteiger partial charge in [0.2, 0.25) is 0 Å². The van der Waals surface area contributed by atoms with E-state index in [4.69, 9.17) is 5.26 Å². The molecule has 1 heterocycles. The Labute approximate surface area is 156 Å². The van der Waals surface area contributed by atoms with Gasteiger partial charge in [0.1, 0.15) is 0 Å². The van der Waals surface area contributed by atoms with Gasteiger partial charge in [0.05, 0.1) is 17.2 Å². The Kier molecular flexibility index (Phi) is 5.22. The minimum absolute atomic E-state index is 0.0117. The number of anilines is 1. The standard InChI is InChI=1S/C21H20F3N3/c1-14-8-9-26-13-19(14)15-4-3-5-17(10-15)27(2)18-7-6-16(12-25)20(11-18)21(22,23)24/h6-11,13,17H,3-5H2,1-2H3. The van der Waals surface area contributed by atoms with Gasteiger partial charge in [0, 0.05) is 31.2 Å². The maximum atomic E-state index is 13.3. The number of hydrogen-bond acceptors (Lipinski definition) is 3. The smallest absolute Gasteiger partial charge is 0.368 e. The van der Waals surface area contributed by atoms with E-state index < -0.39 is 11.7 Å². The lowest BCUT2D eigenvalue weighted by Crippen LogP contribution is -2.32. The molecule has 0 bridgehead atoms. The fourth-order valence-corrected chi connectivity index (χ4v) is 3.51. The first-order chi connectivity index (χ1) is 12.8. The molecule has 1 aromatic carbocycles. The fourth-order valence-electron chi connectivity index (χ4n) is 3.51. The van der Waals surface area contributed by atoms with E-state index in [1.54, 1.807) is 25.4 Å². The zero-order chi connectivity index (χ0) is 19.6. The number of benzene rings is 1. The first kappa shape index (κ1) is 19.0. The molecule has 1 unspecified atom stereocenters. The molecular formula is C21H20F3N3. The molecule has 0 aliphatic heterocycles. The van der Waals surface area contributed by atoms with Gasteiger partial charge in [0.25, 0.3) is 0 Å². The molecule has 6 heteroatoms. The number of rotatable bonds is 3. The van der Waals surface area contributed by atoms with E-state index in [9.17, 15) is 13.2 Å². The van der Waals surface area contributed by atoms with Gasteiger partial charge in [-0.25, -0.2) is 0 Å². The lowest BCUT2D eigenvalue weighted by Gasteiger charge is -2.32. The van der Waals surface area contributed by atoms with Crippen LogP contribution in [0, 0.1) is 18.3 Å². The lowest BCUT2D eigenvalue weighted by atomic mass is 9.89. The van der Waals surface area contributed by atoms with Crippen molar-refractivity contribution >= 4 is 11.3 Å². The van der Waals surface area contributed by atoms with Gasteiger partial charge in [-0.05, 0) is 67.2 Å². The van der Waals surface area contributed by atoms with Crippen LogP contribution in [0.3, 0.4) is 0 Å². The lowest BCUT2D eigenvalue weighted by molar-refractivity contribution is -0.137. The number of allylic oxidation sites excluding steroid dienone is 1. The molecule has 0 saturated carbocycles. The Morgan fingerprint density at radius 2 is 2.04 bits per heavy atom. The van der Waals surface area contributed by atoms with E-state index in [1.165, 1.54) is 11.6 Å². The maximum Gasteiger partial charge on any atom is 0.417 e. The summed E-state index contributed by atoms with van der Waals surface area (Å²) in [7, 11) is 1.79. The fraction of sp³-hybridized carbons (Fsp3) is 0.333. The van der Waals surface area contributed by atoms with Crippen molar-refractivity contribution in [2.75, 3.05) is 11.9 Å². The summed E-state index contributed by atoms with van der Waals surface area (Å²) in [5, 5.41) is 8.97. The number of likely N-dealkylation sites (N-methyl/N-ethyl adjacent to an activating group) is 1. The van der Waals surface area contributed by atoms with Crippen molar-refractivity contribution in [3.8, 4) is 6.07 Å². The summed E-state index contributed by atoms with van der Waals surface area (Å²) in [5.41, 5.74) is 2.60. The molecular weight excluding hydrogens is 351 g/mol. The van der Waals surface area contributed by atoms with E-state index in [0.29, 0.717) is 5.69 Å². The second-order valence-corrected chi connectivity index (χ2v) is 6.79. The van der Waals surface area contributed by atoms with E-state index in [1.807, 2.05) is 24.1 Å². The number of aryl methyl sites for hydroxylation is 1. The number of alkyl halides is 3. The molecule has 2 aromatic rings.